The third-order valence-electron chi connectivity index (χ3n) is 4.44. The predicted molar refractivity (Wildman–Crippen MR) is 117 cm³/mol. The van der Waals surface area contributed by atoms with Gasteiger partial charge in [0.2, 0.25) is 0 Å². The number of nitrogens with zero attached hydrogens (tertiary/aromatic N) is 3. The van der Waals surface area contributed by atoms with Crippen molar-refractivity contribution in [3.05, 3.63) is 45.0 Å². The van der Waals surface area contributed by atoms with Crippen molar-refractivity contribution in [1.82, 2.24) is 15.0 Å². The Balaban J connectivity index is 1.44. The summed E-state index contributed by atoms with van der Waals surface area (Å²) in [7, 11) is -3.27. The van der Waals surface area contributed by atoms with Gasteiger partial charge in [-0.1, -0.05) is 0 Å². The Kier molecular flexibility index (Phi) is 6.40. The van der Waals surface area contributed by atoms with Crippen molar-refractivity contribution in [2.24, 2.45) is 0 Å². The molecule has 1 aliphatic carbocycles. The number of carbonyl (C=O) groups excluding carboxylic acids is 1. The van der Waals surface area contributed by atoms with E-state index >= 15 is 0 Å². The van der Waals surface area contributed by atoms with E-state index in [9.17, 15) is 9.36 Å². The molecule has 3 aromatic rings. The van der Waals surface area contributed by atoms with E-state index < -0.39 is 7.60 Å². The molecular formula is C19H21N4O4PS2. The van der Waals surface area contributed by atoms with E-state index in [1.54, 1.807) is 25.2 Å². The number of hydrogen-bond acceptors (Lipinski definition) is 9. The fraction of sp³-hybridized carbons (Fsp3) is 0.368. The van der Waals surface area contributed by atoms with Crippen LogP contribution < -0.4 is 5.32 Å². The normalized spacial score (nSPS) is 13.0. The van der Waals surface area contributed by atoms with Crippen LogP contribution in [0.1, 0.15) is 39.8 Å². The van der Waals surface area contributed by atoms with E-state index in [2.05, 4.69) is 31.7 Å². The van der Waals surface area contributed by atoms with Gasteiger partial charge in [0, 0.05) is 21.5 Å². The molecule has 0 aliphatic heterocycles. The first-order valence-electron chi connectivity index (χ1n) is 9.58. The van der Waals surface area contributed by atoms with Gasteiger partial charge in [-0.05, 0) is 38.1 Å². The molecule has 3 heterocycles. The Hall–Kier alpha value is -1.97. The first-order chi connectivity index (χ1) is 14.5. The monoisotopic (exact) mass is 464 g/mol. The molecule has 11 heteroatoms. The molecule has 0 saturated carbocycles. The van der Waals surface area contributed by atoms with Gasteiger partial charge in [0.25, 0.3) is 5.91 Å². The second-order valence-electron chi connectivity index (χ2n) is 6.50. The van der Waals surface area contributed by atoms with E-state index in [0.29, 0.717) is 10.8 Å². The number of fused-ring (bicyclic) bond motifs is 3. The maximum Gasteiger partial charge on any atom is 0.336 e. The lowest BCUT2D eigenvalue weighted by Gasteiger charge is -2.16. The van der Waals surface area contributed by atoms with Crippen molar-refractivity contribution in [1.29, 1.82) is 0 Å². The maximum absolute atomic E-state index is 12.6. The van der Waals surface area contributed by atoms with Gasteiger partial charge in [-0.15, -0.1) is 22.7 Å². The van der Waals surface area contributed by atoms with Crippen molar-refractivity contribution in [3.63, 3.8) is 0 Å². The Bertz CT molecular complexity index is 1090. The third kappa shape index (κ3) is 4.53. The molecule has 0 spiro atoms. The van der Waals surface area contributed by atoms with Crippen LogP contribution in [-0.2, 0) is 32.6 Å². The molecule has 1 N–H and O–H groups in total. The summed E-state index contributed by atoms with van der Waals surface area (Å²) in [5.74, 6) is -0.386. The summed E-state index contributed by atoms with van der Waals surface area (Å²) in [5, 5.41) is 5.43. The lowest BCUT2D eigenvalue weighted by atomic mass is 10.0. The fourth-order valence-corrected chi connectivity index (χ4v) is 6.65. The minimum Gasteiger partial charge on any atom is -0.309 e. The average molecular weight is 465 g/mol. The molecule has 0 bridgehead atoms. The van der Waals surface area contributed by atoms with Crippen LogP contribution in [0.25, 0.3) is 11.3 Å². The molecule has 158 valence electrons. The van der Waals surface area contributed by atoms with Crippen LogP contribution in [0, 0.1) is 0 Å². The highest BCUT2D eigenvalue weighted by Gasteiger charge is 2.26. The Morgan fingerprint density at radius 1 is 1.17 bits per heavy atom. The maximum atomic E-state index is 12.6. The van der Waals surface area contributed by atoms with Gasteiger partial charge >= 0.3 is 7.60 Å². The summed E-state index contributed by atoms with van der Waals surface area (Å²) in [6, 6.07) is 2.08. The Morgan fingerprint density at radius 2 is 1.93 bits per heavy atom. The van der Waals surface area contributed by atoms with Crippen molar-refractivity contribution in [2.45, 2.75) is 32.9 Å². The van der Waals surface area contributed by atoms with Gasteiger partial charge < -0.3 is 9.05 Å². The Labute approximate surface area is 182 Å². The lowest BCUT2D eigenvalue weighted by Crippen LogP contribution is -2.14. The summed E-state index contributed by atoms with van der Waals surface area (Å²) in [4.78, 5) is 28.1. The predicted octanol–water partition coefficient (Wildman–Crippen LogP) is 4.78. The summed E-state index contributed by atoms with van der Waals surface area (Å²) >= 11 is 3.23. The standard InChI is InChI=1S/C19H21N4O4PS2/c1-3-26-28(25,27-4-2)11-12-9-21-14(10-20-12)18(24)23-19-22-17-13-7-8-29-15(13)5-6-16(17)30-19/h7-10H,3-6,11H2,1-2H3,(H,22,23,24). The minimum atomic E-state index is -3.27. The van der Waals surface area contributed by atoms with Gasteiger partial charge in [0.15, 0.2) is 5.13 Å². The summed E-state index contributed by atoms with van der Waals surface area (Å²) in [6.45, 7) is 4.05. The minimum absolute atomic E-state index is 0.00571. The lowest BCUT2D eigenvalue weighted by molar-refractivity contribution is 0.102. The second-order valence-corrected chi connectivity index (χ2v) is 10.6. The quantitative estimate of drug-likeness (QED) is 0.479. The number of rotatable bonds is 8. The smallest absolute Gasteiger partial charge is 0.309 e. The molecule has 30 heavy (non-hydrogen) atoms. The molecule has 1 amide bonds. The molecule has 0 unspecified atom stereocenters. The SMILES string of the molecule is CCOP(=O)(Cc1cnc(C(=O)Nc2nc3c(s2)CCc2sccc2-3)cn1)OCC. The zero-order valence-electron chi connectivity index (χ0n) is 16.6. The number of carbonyl (C=O) groups is 1. The van der Waals surface area contributed by atoms with Crippen LogP contribution in [0.15, 0.2) is 23.8 Å². The van der Waals surface area contributed by atoms with E-state index in [1.807, 2.05) is 0 Å². The number of thiophene rings is 1. The van der Waals surface area contributed by atoms with E-state index in [1.165, 1.54) is 33.5 Å². The average Bonchev–Trinajstić information content (AvgIpc) is 3.34. The molecule has 4 rings (SSSR count). The van der Waals surface area contributed by atoms with Crippen LogP contribution in [0.4, 0.5) is 5.13 Å². The van der Waals surface area contributed by atoms with Crippen LogP contribution in [0.5, 0.6) is 0 Å². The number of nitrogens with one attached hydrogen (secondary N) is 1. The molecule has 0 fully saturated rings. The molecule has 0 radical (unpaired) electrons. The molecule has 1 aliphatic rings. The highest BCUT2D eigenvalue weighted by atomic mass is 32.1. The largest absolute Gasteiger partial charge is 0.336 e. The van der Waals surface area contributed by atoms with E-state index in [4.69, 9.17) is 9.05 Å². The summed E-state index contributed by atoms with van der Waals surface area (Å²) in [6.07, 6.45) is 4.73. The van der Waals surface area contributed by atoms with Crippen molar-refractivity contribution in [3.8, 4) is 11.3 Å². The summed E-state index contributed by atoms with van der Waals surface area (Å²) < 4.78 is 23.1. The van der Waals surface area contributed by atoms with E-state index in [0.717, 1.165) is 24.1 Å². The van der Waals surface area contributed by atoms with Crippen molar-refractivity contribution in [2.75, 3.05) is 18.5 Å². The number of anilines is 1. The molecule has 8 nitrogen and oxygen atoms in total. The molecule has 0 aromatic carbocycles. The molecule has 0 atom stereocenters. The fourth-order valence-electron chi connectivity index (χ4n) is 3.19. The second kappa shape index (κ2) is 9.03. The number of amides is 1. The van der Waals surface area contributed by atoms with Gasteiger partial charge in [-0.3, -0.25) is 19.7 Å². The van der Waals surface area contributed by atoms with Gasteiger partial charge in [0.1, 0.15) is 5.69 Å². The topological polar surface area (TPSA) is 103 Å². The number of aryl methyl sites for hydroxylation is 2. The highest BCUT2D eigenvalue weighted by molar-refractivity contribution is 7.53. The zero-order valence-corrected chi connectivity index (χ0v) is 19.1. The number of thiazole rings is 1. The number of hydrogen-bond donors (Lipinski definition) is 1. The van der Waals surface area contributed by atoms with Gasteiger partial charge in [0.05, 0.1) is 37.0 Å². The first-order valence-corrected chi connectivity index (χ1v) is 13.0. The van der Waals surface area contributed by atoms with Crippen LogP contribution in [0.2, 0.25) is 0 Å². The molecule has 3 aromatic heterocycles. The zero-order chi connectivity index (χ0) is 21.1. The van der Waals surface area contributed by atoms with Crippen LogP contribution >= 0.6 is 30.3 Å². The van der Waals surface area contributed by atoms with Gasteiger partial charge in [-0.2, -0.15) is 0 Å². The highest BCUT2D eigenvalue weighted by Crippen LogP contribution is 2.50. The van der Waals surface area contributed by atoms with Crippen molar-refractivity contribution < 1.29 is 18.4 Å². The molecular weight excluding hydrogens is 443 g/mol. The van der Waals surface area contributed by atoms with Crippen LogP contribution in [0.3, 0.4) is 0 Å². The number of aromatic nitrogens is 3. The van der Waals surface area contributed by atoms with E-state index in [-0.39, 0.29) is 31.0 Å². The Morgan fingerprint density at radius 3 is 2.63 bits per heavy atom. The van der Waals surface area contributed by atoms with Crippen LogP contribution in [-0.4, -0.2) is 34.1 Å². The van der Waals surface area contributed by atoms with Crippen molar-refractivity contribution >= 4 is 41.3 Å². The first kappa shape index (κ1) is 21.3. The third-order valence-corrected chi connectivity index (χ3v) is 8.47. The molecule has 0 saturated heterocycles. The van der Waals surface area contributed by atoms with Gasteiger partial charge in [-0.25, -0.2) is 9.97 Å². The summed E-state index contributed by atoms with van der Waals surface area (Å²) in [5.41, 5.74) is 2.72.